The number of nitrogens with zero attached hydrogens (tertiary/aromatic N) is 4. The van der Waals surface area contributed by atoms with Crippen LogP contribution in [0.2, 0.25) is 5.02 Å². The number of hydrogen-bond donors (Lipinski definition) is 1. The average molecular weight is 426 g/mol. The molecule has 0 atom stereocenters. The molecule has 2 aromatic carbocycles. The number of fused-ring (bicyclic) bond motifs is 1. The number of carbonyl (C=O) groups is 1. The van der Waals surface area contributed by atoms with Crippen LogP contribution in [0.15, 0.2) is 42.7 Å². The summed E-state index contributed by atoms with van der Waals surface area (Å²) in [7, 11) is 3.58. The largest absolute Gasteiger partial charge is 0.494 e. The van der Waals surface area contributed by atoms with E-state index in [1.807, 2.05) is 31.3 Å². The average Bonchev–Trinajstić information content (AvgIpc) is 3.04. The van der Waals surface area contributed by atoms with Crippen molar-refractivity contribution in [1.29, 1.82) is 0 Å². The Hall–Kier alpha value is -3.10. The highest BCUT2D eigenvalue weighted by atomic mass is 35.5. The van der Waals surface area contributed by atoms with Crippen molar-refractivity contribution in [3.8, 4) is 5.75 Å². The highest BCUT2D eigenvalue weighted by Gasteiger charge is 2.53. The van der Waals surface area contributed by atoms with E-state index >= 15 is 0 Å². The number of aromatic nitrogens is 2. The number of hydrogen-bond acceptors (Lipinski definition) is 7. The summed E-state index contributed by atoms with van der Waals surface area (Å²) in [6.45, 7) is 1.91. The third-order valence-electron chi connectivity index (χ3n) is 5.40. The van der Waals surface area contributed by atoms with Crippen molar-refractivity contribution < 1.29 is 14.3 Å². The van der Waals surface area contributed by atoms with Gasteiger partial charge in [-0.1, -0.05) is 17.7 Å². The van der Waals surface area contributed by atoms with Crippen molar-refractivity contribution in [1.82, 2.24) is 14.9 Å². The van der Waals surface area contributed by atoms with Crippen LogP contribution in [-0.4, -0.2) is 60.4 Å². The van der Waals surface area contributed by atoms with Crippen LogP contribution in [0, 0.1) is 0 Å². The molecule has 30 heavy (non-hydrogen) atoms. The zero-order chi connectivity index (χ0) is 20.9. The van der Waals surface area contributed by atoms with E-state index in [0.717, 1.165) is 24.2 Å². The number of anilines is 3. The van der Waals surface area contributed by atoms with E-state index in [4.69, 9.17) is 21.1 Å². The number of nitrogens with one attached hydrogen (secondary N) is 1. The number of amides is 1. The molecule has 154 valence electrons. The molecule has 0 radical (unpaired) electrons. The molecule has 0 bridgehead atoms. The van der Waals surface area contributed by atoms with Gasteiger partial charge in [0.1, 0.15) is 17.9 Å². The Morgan fingerprint density at radius 1 is 1.20 bits per heavy atom. The molecule has 1 spiro atoms. The zero-order valence-corrected chi connectivity index (χ0v) is 17.3. The number of benzene rings is 2. The number of likely N-dealkylation sites (N-methyl/N-ethyl adjacent to an activating group) is 1. The van der Waals surface area contributed by atoms with Gasteiger partial charge in [-0.15, -0.1) is 0 Å². The minimum atomic E-state index is -0.457. The number of rotatable bonds is 4. The molecule has 2 aliphatic rings. The molecule has 2 fully saturated rings. The Kier molecular flexibility index (Phi) is 4.41. The maximum Gasteiger partial charge on any atom is 0.415 e. The fourth-order valence-electron chi connectivity index (χ4n) is 4.16. The number of ether oxygens (including phenoxy) is 2. The van der Waals surface area contributed by atoms with E-state index in [0.29, 0.717) is 34.3 Å². The van der Waals surface area contributed by atoms with E-state index in [-0.39, 0.29) is 6.09 Å². The molecule has 0 unspecified atom stereocenters. The van der Waals surface area contributed by atoms with Gasteiger partial charge in [-0.05, 0) is 31.3 Å². The minimum absolute atomic E-state index is 0.373. The van der Waals surface area contributed by atoms with Gasteiger partial charge < -0.3 is 14.8 Å². The van der Waals surface area contributed by atoms with Gasteiger partial charge >= 0.3 is 6.09 Å². The second-order valence-electron chi connectivity index (χ2n) is 7.71. The molecule has 3 aromatic rings. The van der Waals surface area contributed by atoms with Gasteiger partial charge in [0.25, 0.3) is 0 Å². The molecule has 1 amide bonds. The summed E-state index contributed by atoms with van der Waals surface area (Å²) < 4.78 is 11.3. The van der Waals surface area contributed by atoms with Crippen molar-refractivity contribution in [2.24, 2.45) is 0 Å². The summed E-state index contributed by atoms with van der Waals surface area (Å²) in [4.78, 5) is 25.2. The molecule has 5 rings (SSSR count). The number of methoxy groups -OCH3 is 1. The lowest BCUT2D eigenvalue weighted by molar-refractivity contribution is -0.0599. The first-order valence-electron chi connectivity index (χ1n) is 9.51. The molecule has 2 aliphatic heterocycles. The lowest BCUT2D eigenvalue weighted by Gasteiger charge is -2.43. The summed E-state index contributed by atoms with van der Waals surface area (Å²) in [6.07, 6.45) is 1.11. The van der Waals surface area contributed by atoms with Gasteiger partial charge in [-0.2, -0.15) is 0 Å². The smallest absolute Gasteiger partial charge is 0.415 e. The van der Waals surface area contributed by atoms with Crippen molar-refractivity contribution in [3.05, 3.63) is 47.7 Å². The quantitative estimate of drug-likeness (QED) is 0.683. The van der Waals surface area contributed by atoms with Crippen LogP contribution in [-0.2, 0) is 4.74 Å². The van der Waals surface area contributed by atoms with E-state index in [9.17, 15) is 4.79 Å². The Morgan fingerprint density at radius 3 is 2.77 bits per heavy atom. The SMILES string of the molecule is COc1cc2ncnc(Nc3cccc(Cl)c3)c2cc1N1CC2(CN(C)C2)OC1=O. The van der Waals surface area contributed by atoms with E-state index in [1.165, 1.54) is 6.33 Å². The maximum atomic E-state index is 12.7. The molecule has 1 N–H and O–H groups in total. The Labute approximate surface area is 178 Å². The van der Waals surface area contributed by atoms with Crippen molar-refractivity contribution in [2.45, 2.75) is 5.60 Å². The molecular weight excluding hydrogens is 406 g/mol. The van der Waals surface area contributed by atoms with Crippen molar-refractivity contribution in [3.63, 3.8) is 0 Å². The first kappa shape index (κ1) is 18.9. The van der Waals surface area contributed by atoms with Crippen LogP contribution in [0.1, 0.15) is 0 Å². The highest BCUT2D eigenvalue weighted by molar-refractivity contribution is 6.30. The van der Waals surface area contributed by atoms with E-state index in [2.05, 4.69) is 20.2 Å². The lowest BCUT2D eigenvalue weighted by Crippen LogP contribution is -2.62. The van der Waals surface area contributed by atoms with Gasteiger partial charge in [0.15, 0.2) is 5.60 Å². The number of carbonyl (C=O) groups excluding carboxylic acids is 1. The van der Waals surface area contributed by atoms with Crippen LogP contribution in [0.25, 0.3) is 10.9 Å². The normalized spacial score (nSPS) is 17.8. The Morgan fingerprint density at radius 2 is 2.03 bits per heavy atom. The van der Waals surface area contributed by atoms with Crippen molar-refractivity contribution >= 4 is 45.8 Å². The van der Waals surface area contributed by atoms with Crippen LogP contribution in [0.4, 0.5) is 22.0 Å². The first-order chi connectivity index (χ1) is 14.5. The fourth-order valence-corrected chi connectivity index (χ4v) is 4.35. The van der Waals surface area contributed by atoms with Crippen LogP contribution >= 0.6 is 11.6 Å². The fraction of sp³-hybridized carbons (Fsp3) is 0.286. The summed E-state index contributed by atoms with van der Waals surface area (Å²) in [6, 6.07) is 11.1. The van der Waals surface area contributed by atoms with Crippen LogP contribution in [0.3, 0.4) is 0 Å². The summed E-state index contributed by atoms with van der Waals surface area (Å²) in [5.41, 5.74) is 1.67. The zero-order valence-electron chi connectivity index (χ0n) is 16.6. The van der Waals surface area contributed by atoms with E-state index < -0.39 is 5.60 Å². The minimum Gasteiger partial charge on any atom is -0.494 e. The Balaban J connectivity index is 1.56. The molecule has 1 aromatic heterocycles. The third-order valence-corrected chi connectivity index (χ3v) is 5.64. The van der Waals surface area contributed by atoms with E-state index in [1.54, 1.807) is 24.1 Å². The lowest BCUT2D eigenvalue weighted by atomic mass is 9.95. The van der Waals surface area contributed by atoms with Crippen LogP contribution < -0.4 is 15.0 Å². The monoisotopic (exact) mass is 425 g/mol. The number of halogens is 1. The summed E-state index contributed by atoms with van der Waals surface area (Å²) in [5.74, 6) is 1.16. The topological polar surface area (TPSA) is 79.8 Å². The predicted molar refractivity (Wildman–Crippen MR) is 115 cm³/mol. The second-order valence-corrected chi connectivity index (χ2v) is 8.14. The summed E-state index contributed by atoms with van der Waals surface area (Å²) >= 11 is 6.10. The van der Waals surface area contributed by atoms with Gasteiger partial charge in [0, 0.05) is 35.3 Å². The molecule has 2 saturated heterocycles. The van der Waals surface area contributed by atoms with Gasteiger partial charge in [-0.3, -0.25) is 9.80 Å². The van der Waals surface area contributed by atoms with Crippen molar-refractivity contribution in [2.75, 3.05) is 44.0 Å². The highest BCUT2D eigenvalue weighted by Crippen LogP contribution is 2.40. The summed E-state index contributed by atoms with van der Waals surface area (Å²) in [5, 5.41) is 4.66. The number of likely N-dealkylation sites (tertiary alicyclic amines) is 1. The first-order valence-corrected chi connectivity index (χ1v) is 9.89. The Bertz CT molecular complexity index is 1150. The maximum absolute atomic E-state index is 12.7. The molecular formula is C21H20ClN5O3. The molecule has 3 heterocycles. The van der Waals surface area contributed by atoms with Crippen LogP contribution in [0.5, 0.6) is 5.75 Å². The second kappa shape index (κ2) is 7.00. The van der Waals surface area contributed by atoms with Gasteiger partial charge in [-0.25, -0.2) is 14.8 Å². The standard InChI is InChI=1S/C21H20ClN5O3/c1-26-9-21(10-26)11-27(20(28)30-21)17-7-15-16(8-18(17)29-2)23-12-24-19(15)25-14-5-3-4-13(22)6-14/h3-8,12H,9-11H2,1-2H3,(H,23,24,25). The van der Waals surface area contributed by atoms with Gasteiger partial charge in [0.2, 0.25) is 0 Å². The molecule has 0 aliphatic carbocycles. The predicted octanol–water partition coefficient (Wildman–Crippen LogP) is 3.68. The van der Waals surface area contributed by atoms with Gasteiger partial charge in [0.05, 0.1) is 24.9 Å². The molecule has 0 saturated carbocycles. The molecule has 8 nitrogen and oxygen atoms in total. The third kappa shape index (κ3) is 3.18. The molecule has 9 heteroatoms.